The summed E-state index contributed by atoms with van der Waals surface area (Å²) in [6.07, 6.45) is -1.42. The Balaban J connectivity index is 1.60. The molecule has 0 aliphatic carbocycles. The molecule has 200 valence electrons. The van der Waals surface area contributed by atoms with Gasteiger partial charge in [-0.2, -0.15) is 13.2 Å². The van der Waals surface area contributed by atoms with Gasteiger partial charge in [0.15, 0.2) is 17.2 Å². The molecule has 3 aromatic heterocycles. The summed E-state index contributed by atoms with van der Waals surface area (Å²) in [7, 11) is 0. The fraction of sp³-hybridized carbons (Fsp3) is 0.480. The molecule has 1 aliphatic rings. The fourth-order valence-electron chi connectivity index (χ4n) is 4.09. The molecular weight excluding hydrogens is 494 g/mol. The van der Waals surface area contributed by atoms with Gasteiger partial charge >= 0.3 is 12.3 Å². The second-order valence-corrected chi connectivity index (χ2v) is 10.3. The summed E-state index contributed by atoms with van der Waals surface area (Å²) in [5, 5.41) is 13.1. The normalized spacial score (nSPS) is 18.5. The van der Waals surface area contributed by atoms with Crippen LogP contribution in [0.15, 0.2) is 36.7 Å². The molecule has 0 radical (unpaired) electrons. The highest BCUT2D eigenvalue weighted by Crippen LogP contribution is 2.38. The van der Waals surface area contributed by atoms with Crippen molar-refractivity contribution in [1.29, 1.82) is 0 Å². The zero-order chi connectivity index (χ0) is 27.2. The Morgan fingerprint density at radius 3 is 2.57 bits per heavy atom. The van der Waals surface area contributed by atoms with Crippen molar-refractivity contribution in [2.45, 2.75) is 64.0 Å². The summed E-state index contributed by atoms with van der Waals surface area (Å²) in [6, 6.07) is 4.83. The molecule has 2 unspecified atom stereocenters. The van der Waals surface area contributed by atoms with E-state index in [0.717, 1.165) is 12.3 Å². The molecule has 2 atom stereocenters. The van der Waals surface area contributed by atoms with Gasteiger partial charge in [0.1, 0.15) is 11.2 Å². The van der Waals surface area contributed by atoms with Crippen molar-refractivity contribution in [3.63, 3.8) is 0 Å². The minimum absolute atomic E-state index is 0.0538. The molecule has 37 heavy (non-hydrogen) atoms. The number of piperidine rings is 1. The summed E-state index contributed by atoms with van der Waals surface area (Å²) in [5.74, 6) is -0.672. The van der Waals surface area contributed by atoms with Crippen molar-refractivity contribution in [3.8, 4) is 11.4 Å². The van der Waals surface area contributed by atoms with Crippen molar-refractivity contribution in [2.75, 3.05) is 18.4 Å². The second-order valence-electron chi connectivity index (χ2n) is 10.3. The van der Waals surface area contributed by atoms with Gasteiger partial charge in [0.2, 0.25) is 0 Å². The minimum Gasteiger partial charge on any atom is -0.444 e. The number of amides is 1. The van der Waals surface area contributed by atoms with E-state index in [1.165, 1.54) is 28.8 Å². The molecule has 1 amide bonds. The van der Waals surface area contributed by atoms with E-state index in [2.05, 4.69) is 15.3 Å². The first-order chi connectivity index (χ1) is 17.2. The maximum Gasteiger partial charge on any atom is 0.421 e. The maximum atomic E-state index is 14.7. The summed E-state index contributed by atoms with van der Waals surface area (Å²) >= 11 is 0. The van der Waals surface area contributed by atoms with Gasteiger partial charge in [-0.25, -0.2) is 19.2 Å². The molecule has 1 fully saturated rings. The van der Waals surface area contributed by atoms with Gasteiger partial charge in [-0.05, 0) is 58.7 Å². The number of anilines is 1. The maximum absolute atomic E-state index is 14.7. The molecule has 2 N–H and O–H groups in total. The number of nitrogens with one attached hydrogen (secondary N) is 1. The Bertz CT molecular complexity index is 1300. The van der Waals surface area contributed by atoms with E-state index < -0.39 is 29.3 Å². The van der Waals surface area contributed by atoms with E-state index in [9.17, 15) is 27.5 Å². The number of carbonyl (C=O) groups excluding carboxylic acids is 1. The molecule has 3 aromatic rings. The first-order valence-corrected chi connectivity index (χ1v) is 11.8. The van der Waals surface area contributed by atoms with Crippen LogP contribution in [0, 0.1) is 5.82 Å². The Morgan fingerprint density at radius 1 is 1.16 bits per heavy atom. The van der Waals surface area contributed by atoms with Crippen LogP contribution in [-0.2, 0) is 10.3 Å². The summed E-state index contributed by atoms with van der Waals surface area (Å²) in [5.41, 5.74) is -3.18. The highest BCUT2D eigenvalue weighted by Gasteiger charge is 2.51. The summed E-state index contributed by atoms with van der Waals surface area (Å²) in [4.78, 5) is 22.6. The Kier molecular flexibility index (Phi) is 6.82. The third-order valence-electron chi connectivity index (χ3n) is 6.14. The van der Waals surface area contributed by atoms with Gasteiger partial charge in [0.25, 0.3) is 0 Å². The van der Waals surface area contributed by atoms with E-state index in [1.807, 2.05) is 0 Å². The van der Waals surface area contributed by atoms with Crippen LogP contribution in [0.25, 0.3) is 17.0 Å². The predicted octanol–water partition coefficient (Wildman–Crippen LogP) is 5.12. The van der Waals surface area contributed by atoms with Crippen LogP contribution in [0.1, 0.15) is 46.1 Å². The molecule has 0 saturated carbocycles. The first kappa shape index (κ1) is 26.6. The van der Waals surface area contributed by atoms with E-state index >= 15 is 0 Å². The standard InChI is InChI=1S/C25H29F4N5O3/c1-23(2,3)37-22(35)33-11-5-6-16(14-33)31-21-17(26)8-9-18(32-21)19-12-30-20-10-7-15(13-34(19)20)24(4,36)25(27,28)29/h7-10,12-13,16,36H,5-6,11,14H2,1-4H3,(H,31,32). The van der Waals surface area contributed by atoms with E-state index in [1.54, 1.807) is 25.7 Å². The topological polar surface area (TPSA) is 92.0 Å². The zero-order valence-electron chi connectivity index (χ0n) is 20.9. The first-order valence-electron chi connectivity index (χ1n) is 11.8. The number of likely N-dealkylation sites (tertiary alicyclic amines) is 1. The molecule has 1 saturated heterocycles. The van der Waals surface area contributed by atoms with Crippen LogP contribution in [0.4, 0.5) is 28.2 Å². The smallest absolute Gasteiger partial charge is 0.421 e. The second kappa shape index (κ2) is 9.47. The molecule has 4 heterocycles. The van der Waals surface area contributed by atoms with Gasteiger partial charge in [0, 0.05) is 30.9 Å². The van der Waals surface area contributed by atoms with Crippen LogP contribution < -0.4 is 5.32 Å². The Hall–Kier alpha value is -3.41. The van der Waals surface area contributed by atoms with Crippen molar-refractivity contribution in [3.05, 3.63) is 48.0 Å². The zero-order valence-corrected chi connectivity index (χ0v) is 20.9. The monoisotopic (exact) mass is 523 g/mol. The lowest BCUT2D eigenvalue weighted by molar-refractivity contribution is -0.259. The number of aliphatic hydroxyl groups is 1. The van der Waals surface area contributed by atoms with Gasteiger partial charge in [-0.1, -0.05) is 6.07 Å². The van der Waals surface area contributed by atoms with E-state index in [0.29, 0.717) is 44.2 Å². The largest absolute Gasteiger partial charge is 0.444 e. The molecule has 1 aliphatic heterocycles. The predicted molar refractivity (Wildman–Crippen MR) is 128 cm³/mol. The number of fused-ring (bicyclic) bond motifs is 1. The highest BCUT2D eigenvalue weighted by molar-refractivity contribution is 5.68. The number of carbonyl (C=O) groups is 1. The number of alkyl halides is 3. The molecular formula is C25H29F4N5O3. The number of ether oxygens (including phenoxy) is 1. The lowest BCUT2D eigenvalue weighted by Gasteiger charge is -2.34. The Labute approximate surface area is 211 Å². The van der Waals surface area contributed by atoms with Crippen LogP contribution >= 0.6 is 0 Å². The number of halogens is 4. The third kappa shape index (κ3) is 5.63. The van der Waals surface area contributed by atoms with Crippen molar-refractivity contribution < 1.29 is 32.2 Å². The number of pyridine rings is 2. The number of aromatic nitrogens is 3. The van der Waals surface area contributed by atoms with Crippen LogP contribution in [0.3, 0.4) is 0 Å². The number of rotatable bonds is 4. The average molecular weight is 524 g/mol. The molecule has 4 rings (SSSR count). The van der Waals surface area contributed by atoms with Crippen molar-refractivity contribution >= 4 is 17.6 Å². The lowest BCUT2D eigenvalue weighted by atomic mass is 9.97. The average Bonchev–Trinajstić information content (AvgIpc) is 3.22. The van der Waals surface area contributed by atoms with Gasteiger partial charge in [-0.15, -0.1) is 0 Å². The molecule has 8 nitrogen and oxygen atoms in total. The van der Waals surface area contributed by atoms with Gasteiger partial charge < -0.3 is 20.1 Å². The van der Waals surface area contributed by atoms with Crippen molar-refractivity contribution in [1.82, 2.24) is 19.3 Å². The third-order valence-corrected chi connectivity index (χ3v) is 6.14. The fourth-order valence-corrected chi connectivity index (χ4v) is 4.09. The number of nitrogens with zero attached hydrogens (tertiary/aromatic N) is 4. The van der Waals surface area contributed by atoms with E-state index in [-0.39, 0.29) is 23.1 Å². The highest BCUT2D eigenvalue weighted by atomic mass is 19.4. The van der Waals surface area contributed by atoms with Crippen LogP contribution in [0.2, 0.25) is 0 Å². The van der Waals surface area contributed by atoms with E-state index in [4.69, 9.17) is 4.74 Å². The summed E-state index contributed by atoms with van der Waals surface area (Å²) in [6.45, 7) is 6.84. The van der Waals surface area contributed by atoms with Crippen LogP contribution in [-0.4, -0.2) is 61.4 Å². The number of hydrogen-bond acceptors (Lipinski definition) is 6. The van der Waals surface area contributed by atoms with Crippen LogP contribution in [0.5, 0.6) is 0 Å². The molecule has 0 bridgehead atoms. The SMILES string of the molecule is CC(C)(C)OC(=O)N1CCCC(Nc2nc(-c3cnc4ccc(C(C)(O)C(F)(F)F)cn34)ccc2F)C1. The van der Waals surface area contributed by atoms with Gasteiger partial charge in [0.05, 0.1) is 17.6 Å². The quantitative estimate of drug-likeness (QED) is 0.462. The lowest BCUT2D eigenvalue weighted by Crippen LogP contribution is -2.47. The number of imidazole rings is 1. The van der Waals surface area contributed by atoms with Crippen molar-refractivity contribution in [2.24, 2.45) is 0 Å². The molecule has 12 heteroatoms. The number of hydrogen-bond donors (Lipinski definition) is 2. The minimum atomic E-state index is -4.89. The molecule has 0 aromatic carbocycles. The summed E-state index contributed by atoms with van der Waals surface area (Å²) < 4.78 is 61.6. The van der Waals surface area contributed by atoms with Gasteiger partial charge in [-0.3, -0.25) is 4.40 Å². The molecule has 0 spiro atoms. The Morgan fingerprint density at radius 2 is 1.89 bits per heavy atom.